The summed E-state index contributed by atoms with van der Waals surface area (Å²) in [5.41, 5.74) is 8.99. The first kappa shape index (κ1) is 12.6. The minimum Gasteiger partial charge on any atom is -0.398 e. The molecule has 0 amide bonds. The predicted molar refractivity (Wildman–Crippen MR) is 84.6 cm³/mol. The second-order valence-electron chi connectivity index (χ2n) is 4.47. The molecule has 1 heterocycles. The van der Waals surface area contributed by atoms with Gasteiger partial charge in [-0.05, 0) is 39.7 Å². The van der Waals surface area contributed by atoms with Gasteiger partial charge in [-0.3, -0.25) is 0 Å². The number of benzene rings is 2. The molecule has 0 aliphatic rings. The maximum Gasteiger partial charge on any atom is 0.0496 e. The van der Waals surface area contributed by atoms with Gasteiger partial charge in [0.05, 0.1) is 0 Å². The summed E-state index contributed by atoms with van der Waals surface area (Å²) in [5, 5.41) is 1.87. The zero-order valence-corrected chi connectivity index (χ0v) is 12.4. The summed E-state index contributed by atoms with van der Waals surface area (Å²) >= 11 is 9.51. The second-order valence-corrected chi connectivity index (χ2v) is 5.76. The summed E-state index contributed by atoms with van der Waals surface area (Å²) in [7, 11) is 0. The van der Waals surface area contributed by atoms with Crippen LogP contribution < -0.4 is 5.73 Å². The number of nitrogen functional groups attached to an aromatic ring is 1. The minimum absolute atomic E-state index is 0.666. The number of rotatable bonds is 2. The Balaban J connectivity index is 2.06. The van der Waals surface area contributed by atoms with Gasteiger partial charge < -0.3 is 10.3 Å². The second kappa shape index (κ2) is 4.91. The summed E-state index contributed by atoms with van der Waals surface area (Å²) in [5.74, 6) is 0. The van der Waals surface area contributed by atoms with Gasteiger partial charge in [0.1, 0.15) is 0 Å². The summed E-state index contributed by atoms with van der Waals surface area (Å²) in [4.78, 5) is 0. The van der Waals surface area contributed by atoms with Crippen LogP contribution in [-0.4, -0.2) is 4.57 Å². The average molecular weight is 336 g/mol. The van der Waals surface area contributed by atoms with Gasteiger partial charge in [-0.15, -0.1) is 0 Å². The number of nitrogens with zero attached hydrogens (tertiary/aromatic N) is 1. The molecule has 0 aliphatic carbocycles. The van der Waals surface area contributed by atoms with Gasteiger partial charge in [0, 0.05) is 38.8 Å². The van der Waals surface area contributed by atoms with Crippen molar-refractivity contribution >= 4 is 44.1 Å². The molecule has 3 rings (SSSR count). The molecule has 0 aliphatic heterocycles. The first-order valence-electron chi connectivity index (χ1n) is 5.92. The fraction of sp³-hybridized carbons (Fsp3) is 0.0667. The van der Waals surface area contributed by atoms with Crippen molar-refractivity contribution in [3.63, 3.8) is 0 Å². The van der Waals surface area contributed by atoms with Crippen LogP contribution in [0.4, 0.5) is 5.69 Å². The molecular weight excluding hydrogens is 324 g/mol. The van der Waals surface area contributed by atoms with Gasteiger partial charge in [0.15, 0.2) is 0 Å². The third-order valence-electron chi connectivity index (χ3n) is 3.19. The normalized spacial score (nSPS) is 11.1. The van der Waals surface area contributed by atoms with Crippen LogP contribution in [0.25, 0.3) is 10.9 Å². The van der Waals surface area contributed by atoms with Crippen molar-refractivity contribution in [2.24, 2.45) is 0 Å². The summed E-state index contributed by atoms with van der Waals surface area (Å²) < 4.78 is 3.27. The lowest BCUT2D eigenvalue weighted by Crippen LogP contribution is -2.01. The van der Waals surface area contributed by atoms with Crippen molar-refractivity contribution in [1.29, 1.82) is 0 Å². The van der Waals surface area contributed by atoms with Crippen LogP contribution in [0.5, 0.6) is 0 Å². The number of aromatic nitrogens is 1. The molecule has 3 aromatic rings. The Kier molecular flexibility index (Phi) is 3.25. The maximum atomic E-state index is 6.01. The number of fused-ring (bicyclic) bond motifs is 1. The zero-order valence-electron chi connectivity index (χ0n) is 10.1. The highest BCUT2D eigenvalue weighted by Gasteiger charge is 2.07. The van der Waals surface area contributed by atoms with Gasteiger partial charge in [-0.2, -0.15) is 0 Å². The van der Waals surface area contributed by atoms with Crippen molar-refractivity contribution in [2.45, 2.75) is 6.54 Å². The van der Waals surface area contributed by atoms with Crippen molar-refractivity contribution in [2.75, 3.05) is 5.73 Å². The molecule has 2 nitrogen and oxygen atoms in total. The average Bonchev–Trinajstić information content (AvgIpc) is 2.71. The molecule has 0 bridgehead atoms. The fourth-order valence-corrected chi connectivity index (χ4v) is 2.99. The first-order chi connectivity index (χ1) is 9.15. The summed E-state index contributed by atoms with van der Waals surface area (Å²) in [6, 6.07) is 13.9. The number of para-hydroxylation sites is 1. The molecule has 0 spiro atoms. The number of nitrogens with two attached hydrogens (primary N) is 1. The largest absolute Gasteiger partial charge is 0.398 e. The standard InChI is InChI=1S/C15H12BrClN2/c16-13-9-19(15-4-2-1-3-12(13)15)8-10-5-6-11(17)7-14(10)18/h1-7,9H,8,18H2. The molecule has 19 heavy (non-hydrogen) atoms. The molecule has 0 saturated carbocycles. The Hall–Kier alpha value is -1.45. The lowest BCUT2D eigenvalue weighted by molar-refractivity contribution is 0.837. The van der Waals surface area contributed by atoms with Gasteiger partial charge in [-0.1, -0.05) is 35.9 Å². The third-order valence-corrected chi connectivity index (χ3v) is 4.06. The van der Waals surface area contributed by atoms with Gasteiger partial charge >= 0.3 is 0 Å². The lowest BCUT2D eigenvalue weighted by atomic mass is 10.2. The van der Waals surface area contributed by atoms with E-state index in [9.17, 15) is 0 Å². The molecule has 96 valence electrons. The summed E-state index contributed by atoms with van der Waals surface area (Å²) in [6.07, 6.45) is 2.08. The highest BCUT2D eigenvalue weighted by Crippen LogP contribution is 2.28. The minimum atomic E-state index is 0.666. The Labute approximate surface area is 124 Å². The lowest BCUT2D eigenvalue weighted by Gasteiger charge is -2.08. The van der Waals surface area contributed by atoms with Crippen molar-refractivity contribution < 1.29 is 0 Å². The number of halogens is 2. The first-order valence-corrected chi connectivity index (χ1v) is 7.09. The monoisotopic (exact) mass is 334 g/mol. The quantitative estimate of drug-likeness (QED) is 0.677. The number of hydrogen-bond acceptors (Lipinski definition) is 1. The third kappa shape index (κ3) is 2.36. The van der Waals surface area contributed by atoms with Crippen LogP contribution >= 0.6 is 27.5 Å². The SMILES string of the molecule is Nc1cc(Cl)ccc1Cn1cc(Br)c2ccccc21. The Bertz CT molecular complexity index is 749. The van der Waals surface area contributed by atoms with Crippen molar-refractivity contribution in [3.05, 3.63) is 63.7 Å². The highest BCUT2D eigenvalue weighted by atomic mass is 79.9. The van der Waals surface area contributed by atoms with E-state index < -0.39 is 0 Å². The van der Waals surface area contributed by atoms with Gasteiger partial charge in [-0.25, -0.2) is 0 Å². The Morgan fingerprint density at radius 2 is 1.95 bits per heavy atom. The molecule has 1 aromatic heterocycles. The van der Waals surface area contributed by atoms with Gasteiger partial charge in [0.25, 0.3) is 0 Å². The van der Waals surface area contributed by atoms with E-state index in [1.807, 2.05) is 24.3 Å². The van der Waals surface area contributed by atoms with E-state index in [2.05, 4.69) is 38.8 Å². The van der Waals surface area contributed by atoms with E-state index in [0.717, 1.165) is 22.3 Å². The molecule has 0 atom stereocenters. The van der Waals surface area contributed by atoms with E-state index in [0.29, 0.717) is 5.02 Å². The van der Waals surface area contributed by atoms with E-state index >= 15 is 0 Å². The fourth-order valence-electron chi connectivity index (χ4n) is 2.23. The van der Waals surface area contributed by atoms with Crippen LogP contribution in [0.3, 0.4) is 0 Å². The predicted octanol–water partition coefficient (Wildman–Crippen LogP) is 4.69. The van der Waals surface area contributed by atoms with Crippen LogP contribution in [0.1, 0.15) is 5.56 Å². The molecular formula is C15H12BrClN2. The Morgan fingerprint density at radius 1 is 1.16 bits per heavy atom. The maximum absolute atomic E-state index is 6.01. The van der Waals surface area contributed by atoms with E-state index in [1.165, 1.54) is 10.9 Å². The zero-order chi connectivity index (χ0) is 13.4. The molecule has 0 radical (unpaired) electrons. The molecule has 0 unspecified atom stereocenters. The smallest absolute Gasteiger partial charge is 0.0496 e. The van der Waals surface area contributed by atoms with Crippen LogP contribution in [0, 0.1) is 0 Å². The van der Waals surface area contributed by atoms with Crippen LogP contribution in [0.2, 0.25) is 5.02 Å². The van der Waals surface area contributed by atoms with Crippen molar-refractivity contribution in [3.8, 4) is 0 Å². The molecule has 2 N–H and O–H groups in total. The van der Waals surface area contributed by atoms with E-state index in [1.54, 1.807) is 6.07 Å². The number of anilines is 1. The molecule has 0 saturated heterocycles. The highest BCUT2D eigenvalue weighted by molar-refractivity contribution is 9.10. The van der Waals surface area contributed by atoms with Gasteiger partial charge in [0.2, 0.25) is 0 Å². The summed E-state index contributed by atoms with van der Waals surface area (Å²) in [6.45, 7) is 0.731. The van der Waals surface area contributed by atoms with Crippen molar-refractivity contribution in [1.82, 2.24) is 4.57 Å². The molecule has 2 aromatic carbocycles. The van der Waals surface area contributed by atoms with Crippen LogP contribution in [0.15, 0.2) is 53.1 Å². The molecule has 4 heteroatoms. The van der Waals surface area contributed by atoms with Crippen LogP contribution in [-0.2, 0) is 6.54 Å². The topological polar surface area (TPSA) is 30.9 Å². The van der Waals surface area contributed by atoms with E-state index in [4.69, 9.17) is 17.3 Å². The Morgan fingerprint density at radius 3 is 2.74 bits per heavy atom. The number of hydrogen-bond donors (Lipinski definition) is 1. The molecule has 0 fully saturated rings. The van der Waals surface area contributed by atoms with E-state index in [-0.39, 0.29) is 0 Å².